The Bertz CT molecular complexity index is 1050. The Kier molecular flexibility index (Phi) is 10.6. The smallest absolute Gasteiger partial charge is 0.276 e. The minimum absolute atomic E-state index is 0.0849. The lowest BCUT2D eigenvalue weighted by atomic mass is 9.91. The molecule has 7 nitrogen and oxygen atoms in total. The van der Waals surface area contributed by atoms with Gasteiger partial charge in [-0.1, -0.05) is 33.3 Å². The molecule has 0 radical (unpaired) electrons. The SMILES string of the molecule is CC/C(C)=C(N)/C=C(\N=C(/C)C(F)F)Nc1cc(OC2CC2)c(/C(C=NCC(C)(C)CC)=C/N)cn1. The van der Waals surface area contributed by atoms with Crippen LogP contribution in [0.5, 0.6) is 5.75 Å². The van der Waals surface area contributed by atoms with Crippen LogP contribution in [0.15, 0.2) is 51.6 Å². The summed E-state index contributed by atoms with van der Waals surface area (Å²) in [5, 5.41) is 3.01. The zero-order valence-electron chi connectivity index (χ0n) is 22.2. The molecule has 1 aromatic rings. The van der Waals surface area contributed by atoms with E-state index in [1.165, 1.54) is 19.2 Å². The second-order valence-electron chi connectivity index (χ2n) is 9.79. The van der Waals surface area contributed by atoms with Crippen LogP contribution in [0, 0.1) is 5.41 Å². The molecule has 0 amide bonds. The van der Waals surface area contributed by atoms with Crippen LogP contribution < -0.4 is 21.5 Å². The molecule has 1 aliphatic rings. The third kappa shape index (κ3) is 9.09. The monoisotopic (exact) mass is 502 g/mol. The van der Waals surface area contributed by atoms with E-state index in [9.17, 15) is 8.78 Å². The van der Waals surface area contributed by atoms with Gasteiger partial charge in [-0.05, 0) is 44.9 Å². The standard InChI is InChI=1S/C27H40F2N6O/c1-7-17(3)22(31)11-25(34-18(4)26(28)29)35-24-12-23(36-20-9-10-20)21(15-33-24)19(13-30)14-32-16-27(5,6)8-2/h11-15,20,26H,7-10,16,30-31H2,1-6H3,(H,33,35)/b19-13+,22-17-,25-11+,32-14?,34-18+. The van der Waals surface area contributed by atoms with Crippen LogP contribution in [0.1, 0.15) is 72.8 Å². The number of nitrogens with two attached hydrogens (primary N) is 2. The maximum atomic E-state index is 13.2. The van der Waals surface area contributed by atoms with E-state index in [1.54, 1.807) is 18.5 Å². The van der Waals surface area contributed by atoms with Crippen molar-refractivity contribution in [3.05, 3.63) is 47.2 Å². The largest absolute Gasteiger partial charge is 0.490 e. The van der Waals surface area contributed by atoms with Gasteiger partial charge < -0.3 is 21.5 Å². The summed E-state index contributed by atoms with van der Waals surface area (Å²) in [6, 6.07) is 1.72. The van der Waals surface area contributed by atoms with Gasteiger partial charge >= 0.3 is 0 Å². The summed E-state index contributed by atoms with van der Waals surface area (Å²) in [4.78, 5) is 13.1. The minimum atomic E-state index is -2.69. The first-order valence-corrected chi connectivity index (χ1v) is 12.4. The first-order chi connectivity index (χ1) is 17.0. The lowest BCUT2D eigenvalue weighted by Gasteiger charge is -2.19. The third-order valence-electron chi connectivity index (χ3n) is 6.07. The summed E-state index contributed by atoms with van der Waals surface area (Å²) in [5.74, 6) is 1.12. The first kappa shape index (κ1) is 29.0. The predicted octanol–water partition coefficient (Wildman–Crippen LogP) is 6.05. The van der Waals surface area contributed by atoms with Crippen LogP contribution in [0.2, 0.25) is 0 Å². The number of ether oxygens (including phenoxy) is 1. The van der Waals surface area contributed by atoms with Gasteiger partial charge in [-0.3, -0.25) is 4.99 Å². The predicted molar refractivity (Wildman–Crippen MR) is 145 cm³/mol. The van der Waals surface area contributed by atoms with Crippen LogP contribution >= 0.6 is 0 Å². The molecule has 1 fully saturated rings. The van der Waals surface area contributed by atoms with Gasteiger partial charge in [0.1, 0.15) is 17.4 Å². The number of alkyl halides is 2. The fourth-order valence-electron chi connectivity index (χ4n) is 2.83. The summed E-state index contributed by atoms with van der Waals surface area (Å²) in [6.07, 6.45) is 7.48. The first-order valence-electron chi connectivity index (χ1n) is 12.4. The second kappa shape index (κ2) is 13.2. The van der Waals surface area contributed by atoms with Crippen molar-refractivity contribution in [2.75, 3.05) is 11.9 Å². The van der Waals surface area contributed by atoms with E-state index in [2.05, 4.69) is 41.1 Å². The fraction of sp³-hybridized carbons (Fsp3) is 0.519. The lowest BCUT2D eigenvalue weighted by molar-refractivity contribution is 0.225. The number of pyridine rings is 1. The molecule has 1 aliphatic carbocycles. The maximum absolute atomic E-state index is 13.2. The second-order valence-corrected chi connectivity index (χ2v) is 9.79. The number of anilines is 1. The van der Waals surface area contributed by atoms with Crippen LogP contribution in [0.25, 0.3) is 5.57 Å². The zero-order valence-corrected chi connectivity index (χ0v) is 22.2. The highest BCUT2D eigenvalue weighted by atomic mass is 19.3. The fourth-order valence-corrected chi connectivity index (χ4v) is 2.83. The Morgan fingerprint density at radius 1 is 1.31 bits per heavy atom. The van der Waals surface area contributed by atoms with Gasteiger partial charge in [0.15, 0.2) is 0 Å². The number of rotatable bonds is 13. The molecule has 2 rings (SSSR count). The summed E-state index contributed by atoms with van der Waals surface area (Å²) in [5.41, 5.74) is 14.6. The van der Waals surface area contributed by atoms with Crippen molar-refractivity contribution >= 4 is 23.3 Å². The van der Waals surface area contributed by atoms with Gasteiger partial charge in [-0.2, -0.15) is 0 Å². The van der Waals surface area contributed by atoms with Crippen LogP contribution in [0.4, 0.5) is 14.6 Å². The van der Waals surface area contributed by atoms with Crippen molar-refractivity contribution in [3.8, 4) is 5.75 Å². The van der Waals surface area contributed by atoms with E-state index in [0.717, 1.165) is 31.3 Å². The van der Waals surface area contributed by atoms with E-state index in [0.29, 0.717) is 34.9 Å². The quantitative estimate of drug-likeness (QED) is 0.225. The Hall–Kier alpha value is -3.23. The Labute approximate surface area is 213 Å². The van der Waals surface area contributed by atoms with Gasteiger partial charge in [-0.25, -0.2) is 18.8 Å². The molecular formula is C27H40F2N6O. The Morgan fingerprint density at radius 3 is 2.56 bits per heavy atom. The highest BCUT2D eigenvalue weighted by Gasteiger charge is 2.25. The van der Waals surface area contributed by atoms with Crippen molar-refractivity contribution in [1.29, 1.82) is 0 Å². The summed E-state index contributed by atoms with van der Waals surface area (Å²) in [6.45, 7) is 12.2. The van der Waals surface area contributed by atoms with Crippen LogP contribution in [-0.2, 0) is 0 Å². The van der Waals surface area contributed by atoms with Crippen molar-refractivity contribution in [2.45, 2.75) is 79.8 Å². The molecule has 1 aromatic heterocycles. The summed E-state index contributed by atoms with van der Waals surface area (Å²) < 4.78 is 32.5. The molecule has 0 atom stereocenters. The van der Waals surface area contributed by atoms with Crippen molar-refractivity contribution in [1.82, 2.24) is 4.98 Å². The van der Waals surface area contributed by atoms with E-state index < -0.39 is 6.43 Å². The molecule has 1 saturated carbocycles. The van der Waals surface area contributed by atoms with Gasteiger partial charge in [0.05, 0.1) is 11.8 Å². The number of hydrogen-bond acceptors (Lipinski definition) is 7. The molecule has 36 heavy (non-hydrogen) atoms. The molecule has 198 valence electrons. The molecule has 0 aliphatic heterocycles. The van der Waals surface area contributed by atoms with Gasteiger partial charge in [-0.15, -0.1) is 0 Å². The Morgan fingerprint density at radius 2 is 2.00 bits per heavy atom. The molecule has 5 N–H and O–H groups in total. The average Bonchev–Trinajstić information content (AvgIpc) is 3.65. The summed E-state index contributed by atoms with van der Waals surface area (Å²) in [7, 11) is 0. The molecule has 0 saturated heterocycles. The molecule has 0 aromatic carbocycles. The molecule has 9 heteroatoms. The van der Waals surface area contributed by atoms with E-state index in [4.69, 9.17) is 16.2 Å². The average molecular weight is 503 g/mol. The minimum Gasteiger partial charge on any atom is -0.490 e. The molecule has 0 bridgehead atoms. The van der Waals surface area contributed by atoms with Gasteiger partial charge in [0.2, 0.25) is 0 Å². The highest BCUT2D eigenvalue weighted by Crippen LogP contribution is 2.33. The lowest BCUT2D eigenvalue weighted by Crippen LogP contribution is -2.14. The van der Waals surface area contributed by atoms with Gasteiger partial charge in [0.25, 0.3) is 6.43 Å². The number of allylic oxidation sites excluding steroid dienone is 3. The molecule has 0 unspecified atom stereocenters. The number of aliphatic imine (C=N–C) groups is 2. The van der Waals surface area contributed by atoms with Crippen molar-refractivity contribution in [3.63, 3.8) is 0 Å². The van der Waals surface area contributed by atoms with E-state index >= 15 is 0 Å². The number of aromatic nitrogens is 1. The number of nitrogens with zero attached hydrogens (tertiary/aromatic N) is 3. The van der Waals surface area contributed by atoms with Gasteiger partial charge in [0, 0.05) is 54.1 Å². The van der Waals surface area contributed by atoms with Crippen molar-refractivity contribution in [2.24, 2.45) is 26.9 Å². The maximum Gasteiger partial charge on any atom is 0.276 e. The van der Waals surface area contributed by atoms with E-state index in [1.807, 2.05) is 13.8 Å². The molecule has 1 heterocycles. The Balaban J connectivity index is 2.42. The number of halogens is 2. The van der Waals surface area contributed by atoms with Crippen LogP contribution in [-0.4, -0.2) is 36.0 Å². The summed E-state index contributed by atoms with van der Waals surface area (Å²) >= 11 is 0. The van der Waals surface area contributed by atoms with E-state index in [-0.39, 0.29) is 23.1 Å². The third-order valence-corrected chi connectivity index (χ3v) is 6.07. The van der Waals surface area contributed by atoms with Crippen LogP contribution in [0.3, 0.4) is 0 Å². The zero-order chi connectivity index (χ0) is 26.9. The molecular weight excluding hydrogens is 462 g/mol. The topological polar surface area (TPSA) is 111 Å². The van der Waals surface area contributed by atoms with Crippen molar-refractivity contribution < 1.29 is 13.5 Å². The number of nitrogens with one attached hydrogen (secondary N) is 1. The highest BCUT2D eigenvalue weighted by molar-refractivity contribution is 6.10. The number of hydrogen-bond donors (Lipinski definition) is 3. The normalized spacial score (nSPS) is 16.5. The molecule has 0 spiro atoms.